The number of aliphatic hydroxyl groups excluding tert-OH is 1. The average molecular weight is 775 g/mol. The minimum absolute atomic E-state index is 0. The molecule has 0 aromatic rings. The Bertz CT molecular complexity index is 583. The lowest BCUT2D eigenvalue weighted by molar-refractivity contribution is -0.321. The lowest BCUT2D eigenvalue weighted by Gasteiger charge is -2.36. The molecule has 322 valence electrons. The first-order valence-electron chi connectivity index (χ1n) is 13.8. The third kappa shape index (κ3) is 43.7. The highest BCUT2D eigenvalue weighted by Crippen LogP contribution is 2.37. The summed E-state index contributed by atoms with van der Waals surface area (Å²) in [5, 5.41) is 17.9. The molecular weight excluding hydrogens is 673 g/mol. The topological polar surface area (TPSA) is 114 Å². The molecule has 2 atom stereocenters. The van der Waals surface area contributed by atoms with E-state index < -0.39 is 22.7 Å². The van der Waals surface area contributed by atoms with Crippen LogP contribution in [0.3, 0.4) is 0 Å². The number of hydrogen-bond donors (Lipinski definition) is 2. The van der Waals surface area contributed by atoms with E-state index in [1.165, 1.54) is 0 Å². The summed E-state index contributed by atoms with van der Waals surface area (Å²) in [5.41, 5.74) is 0. The molecule has 0 spiro atoms. The van der Waals surface area contributed by atoms with Gasteiger partial charge in [0, 0.05) is 0 Å². The first kappa shape index (κ1) is 87.4. The second-order valence-corrected chi connectivity index (χ2v) is 21.4. The van der Waals surface area contributed by atoms with Gasteiger partial charge in [-0.1, -0.05) is 116 Å². The van der Waals surface area contributed by atoms with Crippen LogP contribution in [0.5, 0.6) is 0 Å². The van der Waals surface area contributed by atoms with E-state index in [0.29, 0.717) is 39.6 Å². The van der Waals surface area contributed by atoms with Crippen LogP contribution in [0, 0.1) is 0 Å². The van der Waals surface area contributed by atoms with Crippen molar-refractivity contribution in [3.05, 3.63) is 26.3 Å². The Balaban J connectivity index is -0.0000000855. The zero-order valence-electron chi connectivity index (χ0n) is 27.2. The molecular formula is C38H102O10Si2. The van der Waals surface area contributed by atoms with E-state index >= 15 is 0 Å². The maximum atomic E-state index is 8.97. The van der Waals surface area contributed by atoms with E-state index in [1.807, 2.05) is 0 Å². The Hall–Kier alpha value is -0.486. The second kappa shape index (κ2) is 48.5. The molecule has 2 unspecified atom stereocenters. The molecule has 0 aliphatic rings. The molecule has 0 radical (unpaired) electrons. The van der Waals surface area contributed by atoms with Crippen LogP contribution in [0.15, 0.2) is 26.3 Å². The van der Waals surface area contributed by atoms with Crippen LogP contribution >= 0.6 is 0 Å². The minimum Gasteiger partial charge on any atom is -0.414 e. The maximum Gasteiger partial charge on any atom is 0.238 e. The van der Waals surface area contributed by atoms with Crippen LogP contribution in [0.25, 0.3) is 0 Å². The molecule has 0 saturated carbocycles. The maximum absolute atomic E-state index is 8.97. The SMILES string of the molecule is C.C.C.C.C.C.C.C.C.C.C=C.C=C.CC(C)(C)[Si](C)(C)OCCOC(COCCO)COCCOCC(COO)OO[Si](C)(C)C(C)(C)C. The fourth-order valence-electron chi connectivity index (χ4n) is 2.20. The number of hydrogen-bond acceptors (Lipinski definition) is 10. The minimum atomic E-state index is -2.11. The molecule has 0 fully saturated rings. The summed E-state index contributed by atoms with van der Waals surface area (Å²) in [4.78, 5) is 9.76. The van der Waals surface area contributed by atoms with Crippen LogP contribution in [0.2, 0.25) is 36.3 Å². The van der Waals surface area contributed by atoms with Crippen molar-refractivity contribution < 1.29 is 48.1 Å². The molecule has 0 bridgehead atoms. The van der Waals surface area contributed by atoms with E-state index in [0.717, 1.165) is 0 Å². The standard InChI is InChI=1S/C24H54O10Si2.2C2H4.10CH4/c1-23(2,3)35(7,8)32-16-15-30-21(17-27-12-11-25)18-28-13-14-29-19-22(20-31-26)33-34-36(9,10)24(4,5)6;2*1-2;;;;;;;;;;/h21-22,25-26H,11-20H2,1-10H3;2*1-2H2;10*1H4. The molecule has 0 amide bonds. The van der Waals surface area contributed by atoms with E-state index in [2.05, 4.69) is 98.9 Å². The van der Waals surface area contributed by atoms with Crippen molar-refractivity contribution in [2.24, 2.45) is 0 Å². The predicted octanol–water partition coefficient (Wildman–Crippen LogP) is 12.2. The molecule has 0 aromatic heterocycles. The first-order chi connectivity index (χ1) is 18.6. The van der Waals surface area contributed by atoms with Gasteiger partial charge in [-0.15, -0.1) is 26.3 Å². The lowest BCUT2D eigenvalue weighted by atomic mass is 10.2. The molecule has 0 saturated heterocycles. The third-order valence-electron chi connectivity index (χ3n) is 6.68. The van der Waals surface area contributed by atoms with Crippen molar-refractivity contribution in [3.8, 4) is 0 Å². The van der Waals surface area contributed by atoms with Gasteiger partial charge in [0.25, 0.3) is 0 Å². The summed E-state index contributed by atoms with van der Waals surface area (Å²) in [7, 11) is -3.93. The Morgan fingerprint density at radius 3 is 1.22 bits per heavy atom. The average Bonchev–Trinajstić information content (AvgIpc) is 2.87. The Labute approximate surface area is 320 Å². The fraction of sp³-hybridized carbons (Fsp3) is 0.895. The van der Waals surface area contributed by atoms with Gasteiger partial charge in [0.05, 0.1) is 59.5 Å². The van der Waals surface area contributed by atoms with Gasteiger partial charge in [-0.25, -0.2) is 9.78 Å². The van der Waals surface area contributed by atoms with Gasteiger partial charge in [-0.3, -0.25) is 9.83 Å². The van der Waals surface area contributed by atoms with Crippen LogP contribution in [0.4, 0.5) is 0 Å². The van der Waals surface area contributed by atoms with Crippen LogP contribution in [-0.4, -0.2) is 105 Å². The largest absolute Gasteiger partial charge is 0.414 e. The number of rotatable bonds is 21. The van der Waals surface area contributed by atoms with Crippen molar-refractivity contribution in [1.82, 2.24) is 0 Å². The summed E-state index contributed by atoms with van der Waals surface area (Å²) in [6, 6.07) is 0. The monoisotopic (exact) mass is 775 g/mol. The van der Waals surface area contributed by atoms with Crippen molar-refractivity contribution in [2.45, 2.75) is 164 Å². The molecule has 0 aliphatic heterocycles. The fourth-order valence-corrected chi connectivity index (χ4v) is 3.85. The van der Waals surface area contributed by atoms with Gasteiger partial charge in [-0.2, -0.15) is 0 Å². The quantitative estimate of drug-likeness (QED) is 0.0384. The summed E-state index contributed by atoms with van der Waals surface area (Å²) < 4.78 is 34.6. The van der Waals surface area contributed by atoms with Gasteiger partial charge in [0.15, 0.2) is 8.32 Å². The molecule has 12 heteroatoms. The van der Waals surface area contributed by atoms with Crippen molar-refractivity contribution in [1.29, 1.82) is 0 Å². The van der Waals surface area contributed by atoms with E-state index in [4.69, 9.17) is 43.2 Å². The lowest BCUT2D eigenvalue weighted by Crippen LogP contribution is -2.43. The Morgan fingerprint density at radius 1 is 0.520 bits per heavy atom. The van der Waals surface area contributed by atoms with Crippen LogP contribution in [0.1, 0.15) is 116 Å². The van der Waals surface area contributed by atoms with Crippen LogP contribution < -0.4 is 0 Å². The molecule has 2 N–H and O–H groups in total. The van der Waals surface area contributed by atoms with Gasteiger partial charge in [0.1, 0.15) is 18.8 Å². The molecule has 0 rings (SSSR count). The van der Waals surface area contributed by atoms with Gasteiger partial charge >= 0.3 is 0 Å². The summed E-state index contributed by atoms with van der Waals surface area (Å²) in [6.45, 7) is 36.1. The van der Waals surface area contributed by atoms with Gasteiger partial charge in [0.2, 0.25) is 8.32 Å². The van der Waals surface area contributed by atoms with Gasteiger partial charge < -0.3 is 28.5 Å². The predicted molar refractivity (Wildman–Crippen MR) is 234 cm³/mol. The Morgan fingerprint density at radius 2 is 0.880 bits per heavy atom. The second-order valence-electron chi connectivity index (χ2n) is 11.9. The van der Waals surface area contributed by atoms with Crippen molar-refractivity contribution in [3.63, 3.8) is 0 Å². The molecule has 0 aliphatic carbocycles. The van der Waals surface area contributed by atoms with Crippen molar-refractivity contribution >= 4 is 16.6 Å². The normalized spacial score (nSPS) is 11.2. The molecule has 50 heavy (non-hydrogen) atoms. The highest BCUT2D eigenvalue weighted by molar-refractivity contribution is 6.74. The first-order valence-corrected chi connectivity index (χ1v) is 19.6. The van der Waals surface area contributed by atoms with E-state index in [1.54, 1.807) is 0 Å². The smallest absolute Gasteiger partial charge is 0.238 e. The molecule has 0 aromatic carbocycles. The summed E-state index contributed by atoms with van der Waals surface area (Å²) in [5.74, 6) is 0. The van der Waals surface area contributed by atoms with E-state index in [-0.39, 0.29) is 117 Å². The number of ether oxygens (including phenoxy) is 4. The molecule has 0 heterocycles. The molecule has 10 nitrogen and oxygen atoms in total. The number of aliphatic hydroxyl groups is 1. The zero-order valence-corrected chi connectivity index (χ0v) is 29.2. The van der Waals surface area contributed by atoms with Crippen LogP contribution in [-0.2, 0) is 37.7 Å². The van der Waals surface area contributed by atoms with E-state index in [9.17, 15) is 0 Å². The third-order valence-corrected chi connectivity index (χ3v) is 15.3. The highest BCUT2D eigenvalue weighted by Gasteiger charge is 2.40. The zero-order chi connectivity index (χ0) is 31.9. The highest BCUT2D eigenvalue weighted by atomic mass is 28.4. The summed E-state index contributed by atoms with van der Waals surface area (Å²) in [6.07, 6.45) is -0.843. The summed E-state index contributed by atoms with van der Waals surface area (Å²) >= 11 is 0. The van der Waals surface area contributed by atoms with Crippen molar-refractivity contribution in [2.75, 3.05) is 66.1 Å². The Kier molecular flexibility index (Phi) is 84.8. The van der Waals surface area contributed by atoms with Gasteiger partial charge in [-0.05, 0) is 36.3 Å².